The van der Waals surface area contributed by atoms with E-state index in [0.717, 1.165) is 31.0 Å². The lowest BCUT2D eigenvalue weighted by atomic mass is 10.2. The standard InChI is InChI=1S/C14H26N4/c1-6-12(4)18(5)14-8-7-13(16-17-14)10-15-9-11(2)3/h7-8,11-12,15H,6,9-10H2,1-5H3. The van der Waals surface area contributed by atoms with E-state index in [4.69, 9.17) is 0 Å². The maximum Gasteiger partial charge on any atom is 0.151 e. The zero-order chi connectivity index (χ0) is 13.5. The highest BCUT2D eigenvalue weighted by molar-refractivity contribution is 5.37. The molecule has 1 aromatic heterocycles. The van der Waals surface area contributed by atoms with Crippen molar-refractivity contribution in [2.24, 2.45) is 5.92 Å². The maximum absolute atomic E-state index is 4.28. The lowest BCUT2D eigenvalue weighted by molar-refractivity contribution is 0.545. The van der Waals surface area contributed by atoms with Crippen LogP contribution in [0.5, 0.6) is 0 Å². The van der Waals surface area contributed by atoms with Crippen molar-refractivity contribution in [3.05, 3.63) is 17.8 Å². The largest absolute Gasteiger partial charge is 0.356 e. The van der Waals surface area contributed by atoms with Crippen LogP contribution in [0, 0.1) is 5.92 Å². The predicted molar refractivity (Wildman–Crippen MR) is 76.7 cm³/mol. The third kappa shape index (κ3) is 4.61. The summed E-state index contributed by atoms with van der Waals surface area (Å²) >= 11 is 0. The van der Waals surface area contributed by atoms with E-state index in [0.29, 0.717) is 12.0 Å². The van der Waals surface area contributed by atoms with Crippen LogP contribution in [-0.2, 0) is 6.54 Å². The van der Waals surface area contributed by atoms with Crippen molar-refractivity contribution in [3.63, 3.8) is 0 Å². The Morgan fingerprint density at radius 1 is 1.22 bits per heavy atom. The molecule has 1 heterocycles. The van der Waals surface area contributed by atoms with E-state index in [1.807, 2.05) is 6.07 Å². The minimum atomic E-state index is 0.490. The third-order valence-corrected chi connectivity index (χ3v) is 3.18. The average molecular weight is 250 g/mol. The molecule has 0 saturated heterocycles. The van der Waals surface area contributed by atoms with Crippen LogP contribution < -0.4 is 10.2 Å². The Balaban J connectivity index is 2.52. The Morgan fingerprint density at radius 3 is 2.44 bits per heavy atom. The molecule has 1 unspecified atom stereocenters. The predicted octanol–water partition coefficient (Wildman–Crippen LogP) is 2.46. The number of hydrogen-bond acceptors (Lipinski definition) is 4. The van der Waals surface area contributed by atoms with Gasteiger partial charge in [-0.05, 0) is 37.9 Å². The summed E-state index contributed by atoms with van der Waals surface area (Å²) in [6.45, 7) is 10.6. The molecule has 0 aromatic carbocycles. The number of nitrogens with one attached hydrogen (secondary N) is 1. The molecule has 0 aliphatic rings. The number of aromatic nitrogens is 2. The van der Waals surface area contributed by atoms with Crippen LogP contribution in [0.25, 0.3) is 0 Å². The summed E-state index contributed by atoms with van der Waals surface area (Å²) < 4.78 is 0. The molecule has 0 saturated carbocycles. The van der Waals surface area contributed by atoms with Gasteiger partial charge in [0.05, 0.1) is 5.69 Å². The number of hydrogen-bond donors (Lipinski definition) is 1. The molecule has 0 radical (unpaired) electrons. The van der Waals surface area contributed by atoms with Gasteiger partial charge in [0.2, 0.25) is 0 Å². The van der Waals surface area contributed by atoms with Gasteiger partial charge in [-0.25, -0.2) is 0 Å². The maximum atomic E-state index is 4.28. The number of anilines is 1. The Morgan fingerprint density at radius 2 is 1.94 bits per heavy atom. The fourth-order valence-corrected chi connectivity index (χ4v) is 1.62. The smallest absolute Gasteiger partial charge is 0.151 e. The number of rotatable bonds is 7. The molecule has 0 bridgehead atoms. The molecule has 0 fully saturated rings. The minimum absolute atomic E-state index is 0.490. The van der Waals surface area contributed by atoms with E-state index in [2.05, 4.69) is 61.2 Å². The second-order valence-corrected chi connectivity index (χ2v) is 5.28. The van der Waals surface area contributed by atoms with Crippen LogP contribution in [-0.4, -0.2) is 29.8 Å². The summed E-state index contributed by atoms with van der Waals surface area (Å²) in [6, 6.07) is 4.59. The van der Waals surface area contributed by atoms with E-state index in [1.165, 1.54) is 0 Å². The zero-order valence-electron chi connectivity index (χ0n) is 12.3. The Kier molecular flexibility index (Phi) is 6.05. The zero-order valence-corrected chi connectivity index (χ0v) is 12.3. The molecular weight excluding hydrogens is 224 g/mol. The molecule has 1 N–H and O–H groups in total. The van der Waals surface area contributed by atoms with E-state index in [-0.39, 0.29) is 0 Å². The molecule has 0 amide bonds. The molecular formula is C14H26N4. The Bertz CT molecular complexity index is 334. The molecule has 18 heavy (non-hydrogen) atoms. The van der Waals surface area contributed by atoms with E-state index in [9.17, 15) is 0 Å². The van der Waals surface area contributed by atoms with Crippen molar-refractivity contribution >= 4 is 5.82 Å². The first-order valence-corrected chi connectivity index (χ1v) is 6.80. The summed E-state index contributed by atoms with van der Waals surface area (Å²) in [7, 11) is 2.06. The van der Waals surface area contributed by atoms with Gasteiger partial charge in [0, 0.05) is 19.6 Å². The van der Waals surface area contributed by atoms with Crippen LogP contribution in [0.15, 0.2) is 12.1 Å². The molecule has 0 aliphatic heterocycles. The van der Waals surface area contributed by atoms with Gasteiger partial charge in [-0.3, -0.25) is 0 Å². The van der Waals surface area contributed by atoms with Crippen molar-refractivity contribution in [1.29, 1.82) is 0 Å². The Hall–Kier alpha value is -1.16. The summed E-state index contributed by atoms with van der Waals surface area (Å²) in [5.74, 6) is 1.60. The molecule has 4 nitrogen and oxygen atoms in total. The van der Waals surface area contributed by atoms with Crippen LogP contribution in [0.3, 0.4) is 0 Å². The third-order valence-electron chi connectivity index (χ3n) is 3.18. The van der Waals surface area contributed by atoms with E-state index >= 15 is 0 Å². The van der Waals surface area contributed by atoms with E-state index in [1.54, 1.807) is 0 Å². The van der Waals surface area contributed by atoms with Gasteiger partial charge in [0.15, 0.2) is 5.82 Å². The van der Waals surface area contributed by atoms with Gasteiger partial charge in [-0.2, -0.15) is 5.10 Å². The Labute approximate surface area is 111 Å². The van der Waals surface area contributed by atoms with Gasteiger partial charge in [-0.1, -0.05) is 20.8 Å². The summed E-state index contributed by atoms with van der Waals surface area (Å²) in [5, 5.41) is 11.9. The van der Waals surface area contributed by atoms with Crippen molar-refractivity contribution in [2.75, 3.05) is 18.5 Å². The first kappa shape index (κ1) is 14.9. The first-order chi connectivity index (χ1) is 8.54. The molecule has 1 aromatic rings. The molecule has 1 rings (SSSR count). The normalized spacial score (nSPS) is 12.8. The molecule has 0 aliphatic carbocycles. The summed E-state index contributed by atoms with van der Waals surface area (Å²) in [4.78, 5) is 2.17. The highest BCUT2D eigenvalue weighted by Crippen LogP contribution is 2.12. The second kappa shape index (κ2) is 7.31. The lowest BCUT2D eigenvalue weighted by Crippen LogP contribution is -2.29. The van der Waals surface area contributed by atoms with E-state index < -0.39 is 0 Å². The van der Waals surface area contributed by atoms with Gasteiger partial charge in [0.25, 0.3) is 0 Å². The van der Waals surface area contributed by atoms with Gasteiger partial charge in [-0.15, -0.1) is 5.10 Å². The van der Waals surface area contributed by atoms with Crippen molar-refractivity contribution in [2.45, 2.75) is 46.7 Å². The van der Waals surface area contributed by atoms with Crippen molar-refractivity contribution in [3.8, 4) is 0 Å². The topological polar surface area (TPSA) is 41.0 Å². The van der Waals surface area contributed by atoms with Gasteiger partial charge in [0.1, 0.15) is 0 Å². The van der Waals surface area contributed by atoms with Gasteiger partial charge >= 0.3 is 0 Å². The second-order valence-electron chi connectivity index (χ2n) is 5.28. The lowest BCUT2D eigenvalue weighted by Gasteiger charge is -2.24. The summed E-state index contributed by atoms with van der Waals surface area (Å²) in [5.41, 5.74) is 0.997. The molecule has 1 atom stereocenters. The molecule has 0 spiro atoms. The average Bonchev–Trinajstić information content (AvgIpc) is 2.37. The van der Waals surface area contributed by atoms with Crippen molar-refractivity contribution in [1.82, 2.24) is 15.5 Å². The minimum Gasteiger partial charge on any atom is -0.356 e. The summed E-state index contributed by atoms with van der Waals surface area (Å²) in [6.07, 6.45) is 1.11. The van der Waals surface area contributed by atoms with Crippen molar-refractivity contribution < 1.29 is 0 Å². The molecule has 4 heteroatoms. The van der Waals surface area contributed by atoms with Gasteiger partial charge < -0.3 is 10.2 Å². The van der Waals surface area contributed by atoms with Crippen LogP contribution >= 0.6 is 0 Å². The quantitative estimate of drug-likeness (QED) is 0.807. The van der Waals surface area contributed by atoms with Crippen LogP contribution in [0.1, 0.15) is 39.8 Å². The highest BCUT2D eigenvalue weighted by Gasteiger charge is 2.09. The van der Waals surface area contributed by atoms with Crippen LogP contribution in [0.2, 0.25) is 0 Å². The highest BCUT2D eigenvalue weighted by atomic mass is 15.3. The first-order valence-electron chi connectivity index (χ1n) is 6.80. The number of nitrogens with zero attached hydrogens (tertiary/aromatic N) is 3. The molecule has 102 valence electrons. The fraction of sp³-hybridized carbons (Fsp3) is 0.714. The van der Waals surface area contributed by atoms with Crippen LogP contribution in [0.4, 0.5) is 5.82 Å². The fourth-order valence-electron chi connectivity index (χ4n) is 1.62. The monoisotopic (exact) mass is 250 g/mol. The SMILES string of the molecule is CCC(C)N(C)c1ccc(CNCC(C)C)nn1.